The van der Waals surface area contributed by atoms with Gasteiger partial charge in [0.1, 0.15) is 5.69 Å². The van der Waals surface area contributed by atoms with Gasteiger partial charge in [-0.2, -0.15) is 14.7 Å². The van der Waals surface area contributed by atoms with Crippen LogP contribution in [0.2, 0.25) is 0 Å². The van der Waals surface area contributed by atoms with Gasteiger partial charge < -0.3 is 14.8 Å². The number of H-pyrrole nitrogens is 1. The number of hydrogen-bond donors (Lipinski definition) is 1. The molecule has 0 spiro atoms. The Hall–Kier alpha value is -4.49. The number of carbonyl (C=O) groups excluding carboxylic acids is 4. The summed E-state index contributed by atoms with van der Waals surface area (Å²) in [5.74, 6) is -0.106. The van der Waals surface area contributed by atoms with Gasteiger partial charge in [-0.15, -0.1) is 0 Å². The molecule has 1 aliphatic heterocycles. The van der Waals surface area contributed by atoms with Crippen LogP contribution in [0.15, 0.2) is 66.9 Å². The minimum atomic E-state index is -0.248. The highest BCUT2D eigenvalue weighted by molar-refractivity contribution is 5.99. The Kier molecular flexibility index (Phi) is 6.00. The molecule has 36 heavy (non-hydrogen) atoms. The molecule has 2 aliphatic rings. The number of nitrogens with zero attached hydrogens (tertiary/aromatic N) is 4. The van der Waals surface area contributed by atoms with Crippen molar-refractivity contribution in [3.8, 4) is 0 Å². The van der Waals surface area contributed by atoms with E-state index >= 15 is 0 Å². The zero-order valence-electron chi connectivity index (χ0n) is 19.8. The summed E-state index contributed by atoms with van der Waals surface area (Å²) in [6.45, 7) is 1.49. The summed E-state index contributed by atoms with van der Waals surface area (Å²) in [6, 6.07) is 19.9. The van der Waals surface area contributed by atoms with Crippen molar-refractivity contribution in [2.75, 3.05) is 13.6 Å². The van der Waals surface area contributed by atoms with Crippen LogP contribution in [0.3, 0.4) is 0 Å². The molecule has 0 unspecified atom stereocenters. The maximum atomic E-state index is 13.6. The zero-order chi connectivity index (χ0) is 25.3. The Balaban J connectivity index is 0.000000848. The number of aromatic nitrogens is 3. The molecule has 182 valence electrons. The Morgan fingerprint density at radius 1 is 1.03 bits per heavy atom. The van der Waals surface area contributed by atoms with Crippen molar-refractivity contribution in [1.29, 1.82) is 0 Å². The highest BCUT2D eigenvalue weighted by Gasteiger charge is 2.50. The molecule has 1 aliphatic carbocycles. The fourth-order valence-corrected chi connectivity index (χ4v) is 5.02. The van der Waals surface area contributed by atoms with Crippen molar-refractivity contribution in [3.63, 3.8) is 0 Å². The van der Waals surface area contributed by atoms with Gasteiger partial charge in [-0.1, -0.05) is 48.5 Å². The first-order valence-electron chi connectivity index (χ1n) is 11.7. The van der Waals surface area contributed by atoms with Gasteiger partial charge in [0.15, 0.2) is 0 Å². The van der Waals surface area contributed by atoms with Crippen LogP contribution in [0.1, 0.15) is 44.9 Å². The zero-order valence-corrected chi connectivity index (χ0v) is 19.8. The van der Waals surface area contributed by atoms with Crippen LogP contribution in [0.4, 0.5) is 0 Å². The number of aromatic amines is 1. The largest absolute Gasteiger partial charge is 0.373 e. The summed E-state index contributed by atoms with van der Waals surface area (Å²) in [5.41, 5.74) is 3.80. The maximum Gasteiger partial charge on any atom is 0.373 e. The van der Waals surface area contributed by atoms with Crippen LogP contribution >= 0.6 is 0 Å². The van der Waals surface area contributed by atoms with Gasteiger partial charge in [-0.05, 0) is 30.5 Å². The molecule has 9 heteroatoms. The molecule has 2 aromatic heterocycles. The monoisotopic (exact) mass is 483 g/mol. The van der Waals surface area contributed by atoms with Gasteiger partial charge in [0, 0.05) is 24.5 Å². The van der Waals surface area contributed by atoms with E-state index in [-0.39, 0.29) is 23.5 Å². The predicted octanol–water partition coefficient (Wildman–Crippen LogP) is 3.20. The van der Waals surface area contributed by atoms with E-state index in [1.165, 1.54) is 0 Å². The van der Waals surface area contributed by atoms with E-state index < -0.39 is 0 Å². The second kappa shape index (κ2) is 9.28. The van der Waals surface area contributed by atoms with Crippen molar-refractivity contribution < 1.29 is 19.2 Å². The highest BCUT2D eigenvalue weighted by Crippen LogP contribution is 2.50. The lowest BCUT2D eigenvalue weighted by Gasteiger charge is -2.31. The first kappa shape index (κ1) is 23.3. The fraction of sp³-hybridized carbons (Fsp3) is 0.259. The summed E-state index contributed by atoms with van der Waals surface area (Å²) in [7, 11) is 1.88. The summed E-state index contributed by atoms with van der Waals surface area (Å²) < 4.78 is 1.86. The molecule has 6 rings (SSSR count). The van der Waals surface area contributed by atoms with E-state index in [0.29, 0.717) is 30.9 Å². The summed E-state index contributed by atoms with van der Waals surface area (Å²) in [6.07, 6.45) is 3.81. The average molecular weight is 484 g/mol. The normalized spacial score (nSPS) is 15.3. The first-order valence-corrected chi connectivity index (χ1v) is 11.7. The number of nitrogens with one attached hydrogen (secondary N) is 1. The van der Waals surface area contributed by atoms with Gasteiger partial charge in [0.05, 0.1) is 36.1 Å². The quantitative estimate of drug-likeness (QED) is 0.480. The molecule has 0 saturated heterocycles. The molecule has 2 amide bonds. The fourth-order valence-electron chi connectivity index (χ4n) is 5.02. The number of hydrogen-bond acceptors (Lipinski definition) is 5. The predicted molar refractivity (Wildman–Crippen MR) is 130 cm³/mol. The number of carbonyl (C=O) groups is 2. The molecule has 1 N–H and O–H groups in total. The van der Waals surface area contributed by atoms with Crippen LogP contribution in [0, 0.1) is 0 Å². The topological polar surface area (TPSA) is 108 Å². The van der Waals surface area contributed by atoms with Crippen LogP contribution in [-0.2, 0) is 28.2 Å². The van der Waals surface area contributed by atoms with Gasteiger partial charge in [-0.25, -0.2) is 0 Å². The number of fused-ring (bicyclic) bond motifs is 2. The molecule has 0 bridgehead atoms. The average Bonchev–Trinajstić information content (AvgIpc) is 3.43. The number of benzene rings is 2. The molecule has 3 heterocycles. The minimum Gasteiger partial charge on any atom is -0.351 e. The number of para-hydroxylation sites is 1. The van der Waals surface area contributed by atoms with Crippen molar-refractivity contribution in [1.82, 2.24) is 24.6 Å². The molecule has 0 atom stereocenters. The van der Waals surface area contributed by atoms with Crippen molar-refractivity contribution in [3.05, 3.63) is 89.4 Å². The molecular formula is C27H25N5O4. The third kappa shape index (κ3) is 3.99. The van der Waals surface area contributed by atoms with Crippen LogP contribution < -0.4 is 0 Å². The smallest absolute Gasteiger partial charge is 0.351 e. The van der Waals surface area contributed by atoms with E-state index in [0.717, 1.165) is 35.0 Å². The Labute approximate surface area is 207 Å². The number of rotatable bonds is 4. The van der Waals surface area contributed by atoms with Crippen LogP contribution in [0.5, 0.6) is 0 Å². The molecule has 1 saturated carbocycles. The molecular weight excluding hydrogens is 458 g/mol. The summed E-state index contributed by atoms with van der Waals surface area (Å²) in [5, 5.41) is 5.47. The molecule has 2 aromatic carbocycles. The molecule has 9 nitrogen and oxygen atoms in total. The van der Waals surface area contributed by atoms with E-state index in [1.54, 1.807) is 11.1 Å². The summed E-state index contributed by atoms with van der Waals surface area (Å²) >= 11 is 0. The van der Waals surface area contributed by atoms with Crippen molar-refractivity contribution in [2.24, 2.45) is 0 Å². The van der Waals surface area contributed by atoms with Crippen molar-refractivity contribution >= 4 is 28.9 Å². The third-order valence-corrected chi connectivity index (χ3v) is 7.13. The maximum absolute atomic E-state index is 13.6. The van der Waals surface area contributed by atoms with Gasteiger partial charge >= 0.3 is 6.15 Å². The van der Waals surface area contributed by atoms with Gasteiger partial charge in [0.25, 0.3) is 11.8 Å². The van der Waals surface area contributed by atoms with E-state index in [2.05, 4.69) is 22.2 Å². The molecule has 4 aromatic rings. The lowest BCUT2D eigenvalue weighted by atomic mass is 10.0. The molecule has 0 radical (unpaired) electrons. The standard InChI is InChI=1S/C26H25N5O2.CO2/c1-29(26(11-12-26)19-8-3-2-4-9-19)24(32)20-16-27-31-14-13-30(17-23(20)31)25(33)22-15-18-7-5-6-10-21(18)28-22;2-1-3/h2-10,15-16,28H,11-14,17H2,1H3;. The Morgan fingerprint density at radius 2 is 1.72 bits per heavy atom. The van der Waals surface area contributed by atoms with Gasteiger partial charge in [0.2, 0.25) is 0 Å². The van der Waals surface area contributed by atoms with E-state index in [4.69, 9.17) is 9.59 Å². The minimum absolute atomic E-state index is 0.0440. The highest BCUT2D eigenvalue weighted by atomic mass is 16.2. The summed E-state index contributed by atoms with van der Waals surface area (Å²) in [4.78, 5) is 49.9. The van der Waals surface area contributed by atoms with Crippen LogP contribution in [-0.4, -0.2) is 56.1 Å². The lowest BCUT2D eigenvalue weighted by molar-refractivity contribution is -0.191. The van der Waals surface area contributed by atoms with Gasteiger partial charge in [-0.3, -0.25) is 14.3 Å². The third-order valence-electron chi connectivity index (χ3n) is 7.13. The molecule has 1 fully saturated rings. The SMILES string of the molecule is CN(C(=O)c1cnn2c1CN(C(=O)c1cc3ccccc3[nH]1)CC2)C1(c2ccccc2)CC1.O=C=O. The van der Waals surface area contributed by atoms with E-state index in [1.807, 2.05) is 65.2 Å². The van der Waals surface area contributed by atoms with Crippen LogP contribution in [0.25, 0.3) is 10.9 Å². The lowest BCUT2D eigenvalue weighted by Crippen LogP contribution is -2.41. The Bertz CT molecular complexity index is 1430. The second-order valence-corrected chi connectivity index (χ2v) is 9.07. The Morgan fingerprint density at radius 3 is 2.42 bits per heavy atom. The number of amides is 2. The van der Waals surface area contributed by atoms with E-state index in [9.17, 15) is 9.59 Å². The second-order valence-electron chi connectivity index (χ2n) is 9.07. The first-order chi connectivity index (χ1) is 17.5. The van der Waals surface area contributed by atoms with Crippen molar-refractivity contribution in [2.45, 2.75) is 31.5 Å².